The Balaban J connectivity index is 1.79. The van der Waals surface area contributed by atoms with Crippen LogP contribution < -0.4 is 5.32 Å². The zero-order chi connectivity index (χ0) is 15.2. The van der Waals surface area contributed by atoms with Gasteiger partial charge in [-0.1, -0.05) is 29.8 Å². The number of carboxylic acids is 2. The van der Waals surface area contributed by atoms with Crippen LogP contribution in [0.25, 0.3) is 0 Å². The van der Waals surface area contributed by atoms with Crippen LogP contribution in [0.5, 0.6) is 0 Å². The summed E-state index contributed by atoms with van der Waals surface area (Å²) in [6.07, 6.45) is 1.11. The van der Waals surface area contributed by atoms with Gasteiger partial charge in [0, 0.05) is 17.5 Å². The van der Waals surface area contributed by atoms with E-state index in [-0.39, 0.29) is 11.8 Å². The molecule has 2 aliphatic rings. The molecule has 0 amide bonds. The molecule has 2 fully saturated rings. The molecule has 3 rings (SSSR count). The van der Waals surface area contributed by atoms with Crippen molar-refractivity contribution in [2.75, 3.05) is 0 Å². The molecule has 0 heterocycles. The van der Waals surface area contributed by atoms with Gasteiger partial charge >= 0.3 is 11.9 Å². The highest BCUT2D eigenvalue weighted by molar-refractivity contribution is 6.31. The van der Waals surface area contributed by atoms with Gasteiger partial charge < -0.3 is 10.2 Å². The number of aliphatic carboxylic acids is 2. The summed E-state index contributed by atoms with van der Waals surface area (Å²) in [4.78, 5) is 22.9. The average molecular weight is 310 g/mol. The minimum absolute atomic E-state index is 0.0163. The number of nitrogens with one attached hydrogen (secondary N) is 1. The molecule has 3 N–H and O–H groups in total. The summed E-state index contributed by atoms with van der Waals surface area (Å²) in [7, 11) is 0. The molecule has 0 radical (unpaired) electrons. The standard InChI is InChI=1S/C15H16ClNO4/c16-10-4-2-1-3-8(10)7-17-15(14(20)21)6-5-9-11(12(9)15)13(18)19/h1-4,9,11-12,17H,5-7H2,(H,18,19)(H,20,21). The summed E-state index contributed by atoms with van der Waals surface area (Å²) in [5.74, 6) is -2.73. The molecule has 0 aromatic heterocycles. The molecule has 21 heavy (non-hydrogen) atoms. The Morgan fingerprint density at radius 2 is 2.05 bits per heavy atom. The third-order valence-corrected chi connectivity index (χ3v) is 5.20. The fraction of sp³-hybridized carbons (Fsp3) is 0.467. The van der Waals surface area contributed by atoms with E-state index >= 15 is 0 Å². The van der Waals surface area contributed by atoms with Crippen molar-refractivity contribution in [1.82, 2.24) is 5.32 Å². The van der Waals surface area contributed by atoms with E-state index in [0.717, 1.165) is 5.56 Å². The molecule has 0 bridgehead atoms. The minimum atomic E-state index is -1.15. The van der Waals surface area contributed by atoms with E-state index in [1.54, 1.807) is 6.07 Å². The Hall–Kier alpha value is -1.59. The number of rotatable bonds is 5. The lowest BCUT2D eigenvalue weighted by atomic mass is 9.90. The van der Waals surface area contributed by atoms with Gasteiger partial charge in [-0.05, 0) is 30.4 Å². The van der Waals surface area contributed by atoms with Crippen LogP contribution >= 0.6 is 11.6 Å². The van der Waals surface area contributed by atoms with E-state index < -0.39 is 23.4 Å². The van der Waals surface area contributed by atoms with Crippen LogP contribution in [0.2, 0.25) is 5.02 Å². The minimum Gasteiger partial charge on any atom is -0.481 e. The summed E-state index contributed by atoms with van der Waals surface area (Å²) in [5, 5.41) is 22.4. The average Bonchev–Trinajstić information content (AvgIpc) is 3.06. The van der Waals surface area contributed by atoms with Gasteiger partial charge in [-0.15, -0.1) is 0 Å². The summed E-state index contributed by atoms with van der Waals surface area (Å²) in [5.41, 5.74) is -0.330. The van der Waals surface area contributed by atoms with Crippen molar-refractivity contribution in [1.29, 1.82) is 0 Å². The summed E-state index contributed by atoms with van der Waals surface area (Å²) >= 11 is 6.08. The highest BCUT2D eigenvalue weighted by Gasteiger charge is 2.71. The van der Waals surface area contributed by atoms with Crippen LogP contribution in [0.4, 0.5) is 0 Å². The Bertz CT molecular complexity index is 605. The third-order valence-electron chi connectivity index (χ3n) is 4.83. The molecule has 0 saturated heterocycles. The van der Waals surface area contributed by atoms with Crippen molar-refractivity contribution >= 4 is 23.5 Å². The van der Waals surface area contributed by atoms with Crippen molar-refractivity contribution in [3.63, 3.8) is 0 Å². The maximum Gasteiger partial charge on any atom is 0.324 e. The van der Waals surface area contributed by atoms with Crippen molar-refractivity contribution in [2.45, 2.75) is 24.9 Å². The molecule has 4 unspecified atom stereocenters. The van der Waals surface area contributed by atoms with E-state index in [4.69, 9.17) is 16.7 Å². The Kier molecular flexibility index (Phi) is 3.42. The molecule has 1 aromatic carbocycles. The molecular weight excluding hydrogens is 294 g/mol. The molecule has 4 atom stereocenters. The van der Waals surface area contributed by atoms with Crippen molar-refractivity contribution in [3.8, 4) is 0 Å². The van der Waals surface area contributed by atoms with E-state index in [2.05, 4.69) is 5.32 Å². The normalized spacial score (nSPS) is 33.5. The van der Waals surface area contributed by atoms with E-state index in [0.29, 0.717) is 24.4 Å². The number of carbonyl (C=O) groups is 2. The maximum atomic E-state index is 11.7. The Labute approximate surface area is 126 Å². The molecule has 6 heteroatoms. The van der Waals surface area contributed by atoms with E-state index in [1.807, 2.05) is 18.2 Å². The van der Waals surface area contributed by atoms with Crippen molar-refractivity contribution in [2.24, 2.45) is 17.8 Å². The van der Waals surface area contributed by atoms with Gasteiger partial charge in [-0.2, -0.15) is 0 Å². The molecule has 5 nitrogen and oxygen atoms in total. The van der Waals surface area contributed by atoms with Crippen molar-refractivity contribution in [3.05, 3.63) is 34.9 Å². The van der Waals surface area contributed by atoms with Gasteiger partial charge in [0.05, 0.1) is 5.92 Å². The molecule has 112 valence electrons. The Morgan fingerprint density at radius 1 is 1.33 bits per heavy atom. The molecule has 1 aromatic rings. The van der Waals surface area contributed by atoms with Gasteiger partial charge in [0.1, 0.15) is 5.54 Å². The van der Waals surface area contributed by atoms with Gasteiger partial charge in [-0.3, -0.25) is 14.9 Å². The van der Waals surface area contributed by atoms with Gasteiger partial charge in [0.2, 0.25) is 0 Å². The highest BCUT2D eigenvalue weighted by Crippen LogP contribution is 2.62. The first-order valence-corrected chi connectivity index (χ1v) is 7.30. The molecule has 2 saturated carbocycles. The van der Waals surface area contributed by atoms with E-state index in [1.165, 1.54) is 0 Å². The largest absolute Gasteiger partial charge is 0.481 e. The fourth-order valence-corrected chi connectivity index (χ4v) is 3.93. The number of carboxylic acid groups (broad SMARTS) is 2. The van der Waals surface area contributed by atoms with Gasteiger partial charge in [0.25, 0.3) is 0 Å². The first kappa shape index (κ1) is 14.4. The smallest absolute Gasteiger partial charge is 0.324 e. The van der Waals surface area contributed by atoms with Crippen LogP contribution in [0, 0.1) is 17.8 Å². The number of benzene rings is 1. The quantitative estimate of drug-likeness (QED) is 0.774. The van der Waals surface area contributed by atoms with E-state index in [9.17, 15) is 14.7 Å². The summed E-state index contributed by atoms with van der Waals surface area (Å²) in [6, 6.07) is 7.23. The number of halogens is 1. The SMILES string of the molecule is O=C(O)C1C2CCC(NCc3ccccc3Cl)(C(=O)O)C21. The number of fused-ring (bicyclic) bond motifs is 1. The molecule has 0 aliphatic heterocycles. The maximum absolute atomic E-state index is 11.7. The fourth-order valence-electron chi connectivity index (χ4n) is 3.73. The zero-order valence-corrected chi connectivity index (χ0v) is 12.0. The topological polar surface area (TPSA) is 86.6 Å². The lowest BCUT2D eigenvalue weighted by Gasteiger charge is -2.29. The van der Waals surface area contributed by atoms with Gasteiger partial charge in [0.15, 0.2) is 0 Å². The summed E-state index contributed by atoms with van der Waals surface area (Å²) in [6.45, 7) is 0.321. The second-order valence-electron chi connectivity index (χ2n) is 5.81. The van der Waals surface area contributed by atoms with Gasteiger partial charge in [-0.25, -0.2) is 0 Å². The molecule has 2 aliphatic carbocycles. The second kappa shape index (κ2) is 5.00. The lowest BCUT2D eigenvalue weighted by molar-refractivity contribution is -0.147. The second-order valence-corrected chi connectivity index (χ2v) is 6.22. The van der Waals surface area contributed by atoms with Crippen LogP contribution in [0.15, 0.2) is 24.3 Å². The third kappa shape index (κ3) is 2.21. The Morgan fingerprint density at radius 3 is 2.62 bits per heavy atom. The predicted molar refractivity (Wildman–Crippen MR) is 76.0 cm³/mol. The summed E-state index contributed by atoms with van der Waals surface area (Å²) < 4.78 is 0. The monoisotopic (exact) mass is 309 g/mol. The van der Waals surface area contributed by atoms with Crippen LogP contribution in [0.1, 0.15) is 18.4 Å². The first-order valence-electron chi connectivity index (χ1n) is 6.92. The number of hydrogen-bond donors (Lipinski definition) is 3. The van der Waals surface area contributed by atoms with Crippen LogP contribution in [-0.2, 0) is 16.1 Å². The predicted octanol–water partition coefficient (Wildman–Crippen LogP) is 1.99. The van der Waals surface area contributed by atoms with Crippen LogP contribution in [-0.4, -0.2) is 27.7 Å². The number of hydrogen-bond acceptors (Lipinski definition) is 3. The van der Waals surface area contributed by atoms with Crippen LogP contribution in [0.3, 0.4) is 0 Å². The lowest BCUT2D eigenvalue weighted by Crippen LogP contribution is -2.53. The van der Waals surface area contributed by atoms with Crippen molar-refractivity contribution < 1.29 is 19.8 Å². The zero-order valence-electron chi connectivity index (χ0n) is 11.3. The molecule has 0 spiro atoms. The highest BCUT2D eigenvalue weighted by atomic mass is 35.5. The molecular formula is C15H16ClNO4. The first-order chi connectivity index (χ1) is 9.97.